The molecule has 14 heavy (non-hydrogen) atoms. The van der Waals surface area contributed by atoms with Gasteiger partial charge in [0, 0.05) is 6.04 Å². The first-order valence-corrected chi connectivity index (χ1v) is 5.22. The molecule has 0 aromatic carbocycles. The molecule has 2 nitrogen and oxygen atoms in total. The third-order valence-electron chi connectivity index (χ3n) is 2.49. The summed E-state index contributed by atoms with van der Waals surface area (Å²) < 4.78 is 39.1. The smallest absolute Gasteiger partial charge is 0.444 e. The monoisotopic (exact) mass is 267 g/mol. The molecule has 7 heteroatoms. The summed E-state index contributed by atoms with van der Waals surface area (Å²) >= 11 is 2.98. The molecule has 1 aromatic rings. The quantitative estimate of drug-likeness (QED) is 0.753. The van der Waals surface area contributed by atoms with Crippen molar-refractivity contribution in [3.8, 4) is 0 Å². The van der Waals surface area contributed by atoms with Crippen LogP contribution in [0, 0.1) is 0 Å². The van der Waals surface area contributed by atoms with Gasteiger partial charge in [0.2, 0.25) is 0 Å². The summed E-state index contributed by atoms with van der Waals surface area (Å²) in [5, 5.41) is 3.83. The minimum atomic E-state index is -4.95. The van der Waals surface area contributed by atoms with Crippen molar-refractivity contribution in [2.45, 2.75) is 25.3 Å². The highest BCUT2D eigenvalue weighted by molar-refractivity contribution is 9.10. The number of hydrogen-bond donors (Lipinski definition) is 0. The van der Waals surface area contributed by atoms with Crippen LogP contribution in [0.4, 0.5) is 12.9 Å². The van der Waals surface area contributed by atoms with Gasteiger partial charge in [-0.3, -0.25) is 4.68 Å². The number of nitrogens with zero attached hydrogens (tertiary/aromatic N) is 2. The van der Waals surface area contributed by atoms with Crippen molar-refractivity contribution >= 4 is 28.5 Å². The zero-order valence-electron chi connectivity index (χ0n) is 7.26. The van der Waals surface area contributed by atoms with Gasteiger partial charge >= 0.3 is 6.98 Å². The highest BCUT2D eigenvalue weighted by Crippen LogP contribution is 2.31. The van der Waals surface area contributed by atoms with Crippen LogP contribution in [0.5, 0.6) is 0 Å². The second kappa shape index (κ2) is 3.29. The van der Waals surface area contributed by atoms with E-state index in [9.17, 15) is 12.9 Å². The van der Waals surface area contributed by atoms with E-state index in [2.05, 4.69) is 21.0 Å². The van der Waals surface area contributed by atoms with Crippen LogP contribution in [0.3, 0.4) is 0 Å². The summed E-state index contributed by atoms with van der Waals surface area (Å²) in [6, 6.07) is 0.998. The number of hydrogen-bond acceptors (Lipinski definition) is 1. The van der Waals surface area contributed by atoms with E-state index < -0.39 is 12.6 Å². The molecule has 0 bridgehead atoms. The molecular weight excluding hydrogens is 260 g/mol. The zero-order valence-corrected chi connectivity index (χ0v) is 8.85. The highest BCUT2D eigenvalue weighted by Gasteiger charge is 2.34. The molecule has 0 radical (unpaired) electrons. The van der Waals surface area contributed by atoms with Crippen LogP contribution >= 0.6 is 15.9 Å². The van der Waals surface area contributed by atoms with Gasteiger partial charge in [-0.15, -0.1) is 0 Å². The first-order chi connectivity index (χ1) is 6.48. The van der Waals surface area contributed by atoms with Crippen LogP contribution < -0.4 is 5.59 Å². The van der Waals surface area contributed by atoms with Crippen molar-refractivity contribution in [1.82, 2.24) is 9.78 Å². The topological polar surface area (TPSA) is 17.8 Å². The molecule has 1 heterocycles. The number of aromatic nitrogens is 2. The fourth-order valence-corrected chi connectivity index (χ4v) is 1.95. The van der Waals surface area contributed by atoms with Crippen molar-refractivity contribution in [2.24, 2.45) is 0 Å². The molecule has 78 valence electrons. The molecule has 0 atom stereocenters. The fraction of sp³-hybridized carbons (Fsp3) is 0.571. The Kier molecular flexibility index (Phi) is 2.37. The molecular formula is C7H8BBrF3N2-. The number of rotatable bonds is 2. The van der Waals surface area contributed by atoms with Gasteiger partial charge in [0.15, 0.2) is 0 Å². The largest absolute Gasteiger partial charge is 0.527 e. The zero-order chi connectivity index (χ0) is 10.3. The lowest BCUT2D eigenvalue weighted by Gasteiger charge is -2.30. The molecule has 0 unspecified atom stereocenters. The van der Waals surface area contributed by atoms with Crippen molar-refractivity contribution < 1.29 is 12.9 Å². The summed E-state index contributed by atoms with van der Waals surface area (Å²) in [5.74, 6) is 0. The highest BCUT2D eigenvalue weighted by atomic mass is 79.9. The van der Waals surface area contributed by atoms with E-state index in [0.717, 1.165) is 30.0 Å². The molecule has 1 aliphatic rings. The standard InChI is InChI=1S/C7H8BBrF3N2/c9-7-4-6(8(10,11)12)14(13-7)5-2-1-3-5/h4-5H,1-3H2/q-1. The maximum Gasteiger partial charge on any atom is 0.527 e. The minimum Gasteiger partial charge on any atom is -0.444 e. The van der Waals surface area contributed by atoms with E-state index in [1.165, 1.54) is 0 Å². The first-order valence-electron chi connectivity index (χ1n) is 4.43. The van der Waals surface area contributed by atoms with Crippen LogP contribution in [0.25, 0.3) is 0 Å². The Bertz CT molecular complexity index is 345. The Morgan fingerprint density at radius 3 is 2.50 bits per heavy atom. The molecule has 0 spiro atoms. The SMILES string of the molecule is F[B-](F)(F)c1cc(Br)nn1C1CCC1. The lowest BCUT2D eigenvalue weighted by molar-refractivity contribution is 0.290. The Balaban J connectivity index is 2.37. The summed E-state index contributed by atoms with van der Waals surface area (Å²) in [5.41, 5.74) is -0.596. The number of halogens is 4. The van der Waals surface area contributed by atoms with Crippen molar-refractivity contribution in [2.75, 3.05) is 0 Å². The molecule has 1 saturated carbocycles. The Morgan fingerprint density at radius 2 is 2.07 bits per heavy atom. The molecule has 1 aromatic heterocycles. The summed E-state index contributed by atoms with van der Waals surface area (Å²) in [6.45, 7) is -4.95. The van der Waals surface area contributed by atoms with E-state index in [1.54, 1.807) is 0 Å². The lowest BCUT2D eigenvalue weighted by atomic mass is 9.84. The Labute approximate surface area is 87.7 Å². The first kappa shape index (κ1) is 10.1. The van der Waals surface area contributed by atoms with Crippen LogP contribution in [0.15, 0.2) is 10.7 Å². The maximum atomic E-state index is 12.6. The minimum absolute atomic E-state index is 0.0557. The van der Waals surface area contributed by atoms with Crippen LogP contribution in [-0.4, -0.2) is 16.8 Å². The summed E-state index contributed by atoms with van der Waals surface area (Å²) in [7, 11) is 0. The molecule has 1 fully saturated rings. The summed E-state index contributed by atoms with van der Waals surface area (Å²) in [4.78, 5) is 0. The van der Waals surface area contributed by atoms with Gasteiger partial charge in [-0.2, -0.15) is 5.10 Å². The second-order valence-electron chi connectivity index (χ2n) is 3.50. The Morgan fingerprint density at radius 1 is 1.43 bits per heavy atom. The van der Waals surface area contributed by atoms with Crippen molar-refractivity contribution in [3.63, 3.8) is 0 Å². The van der Waals surface area contributed by atoms with Crippen LogP contribution in [-0.2, 0) is 0 Å². The van der Waals surface area contributed by atoms with Gasteiger partial charge in [-0.25, -0.2) is 0 Å². The summed E-state index contributed by atoms with van der Waals surface area (Å²) in [6.07, 6.45) is 2.59. The van der Waals surface area contributed by atoms with Crippen LogP contribution in [0.1, 0.15) is 25.3 Å². The van der Waals surface area contributed by atoms with Gasteiger partial charge in [-0.1, -0.05) is 0 Å². The average molecular weight is 268 g/mol. The molecule has 0 aliphatic heterocycles. The van der Waals surface area contributed by atoms with E-state index in [4.69, 9.17) is 0 Å². The van der Waals surface area contributed by atoms with Crippen molar-refractivity contribution in [1.29, 1.82) is 0 Å². The second-order valence-corrected chi connectivity index (χ2v) is 4.31. The van der Waals surface area contributed by atoms with Gasteiger partial charge in [0.1, 0.15) is 4.60 Å². The third-order valence-corrected chi connectivity index (χ3v) is 2.88. The van der Waals surface area contributed by atoms with E-state index in [-0.39, 0.29) is 10.6 Å². The molecule has 1 aliphatic carbocycles. The fourth-order valence-electron chi connectivity index (χ4n) is 1.55. The van der Waals surface area contributed by atoms with E-state index in [0.29, 0.717) is 0 Å². The molecule has 0 N–H and O–H groups in total. The van der Waals surface area contributed by atoms with Gasteiger partial charge in [0.25, 0.3) is 0 Å². The average Bonchev–Trinajstić information content (AvgIpc) is 2.26. The lowest BCUT2D eigenvalue weighted by Crippen LogP contribution is -2.42. The third kappa shape index (κ3) is 1.69. The van der Waals surface area contributed by atoms with Gasteiger partial charge in [0.05, 0.1) is 0 Å². The molecule has 2 rings (SSSR count). The predicted octanol–water partition coefficient (Wildman–Crippen LogP) is 2.42. The molecule has 0 saturated heterocycles. The Hall–Kier alpha value is -0.455. The maximum absolute atomic E-state index is 12.6. The van der Waals surface area contributed by atoms with E-state index in [1.807, 2.05) is 0 Å². The van der Waals surface area contributed by atoms with Crippen LogP contribution in [0.2, 0.25) is 0 Å². The van der Waals surface area contributed by atoms with Gasteiger partial charge in [-0.05, 0) is 46.9 Å². The van der Waals surface area contributed by atoms with Crippen molar-refractivity contribution in [3.05, 3.63) is 10.7 Å². The normalized spacial score (nSPS) is 18.3. The van der Waals surface area contributed by atoms with Gasteiger partial charge < -0.3 is 12.9 Å². The predicted molar refractivity (Wildman–Crippen MR) is 51.5 cm³/mol. The van der Waals surface area contributed by atoms with E-state index >= 15 is 0 Å². The molecule has 0 amide bonds.